The van der Waals surface area contributed by atoms with Gasteiger partial charge in [-0.2, -0.15) is 0 Å². The van der Waals surface area contributed by atoms with Crippen LogP contribution in [0.1, 0.15) is 45.4 Å². The van der Waals surface area contributed by atoms with E-state index in [1.807, 2.05) is 0 Å². The SMILES string of the molecule is CN1CCC(OC2CCNC(C3(C)CC3)C2)CC1. The molecule has 2 aliphatic heterocycles. The Bertz CT molecular complexity index is 282. The van der Waals surface area contributed by atoms with Gasteiger partial charge in [0.2, 0.25) is 0 Å². The minimum Gasteiger partial charge on any atom is -0.375 e. The van der Waals surface area contributed by atoms with Gasteiger partial charge in [0.15, 0.2) is 0 Å². The van der Waals surface area contributed by atoms with Crippen LogP contribution >= 0.6 is 0 Å². The first-order valence-electron chi connectivity index (χ1n) is 7.73. The number of hydrogen-bond acceptors (Lipinski definition) is 3. The van der Waals surface area contributed by atoms with E-state index < -0.39 is 0 Å². The molecule has 0 radical (unpaired) electrons. The van der Waals surface area contributed by atoms with E-state index in [1.54, 1.807) is 0 Å². The van der Waals surface area contributed by atoms with Crippen molar-refractivity contribution in [1.29, 1.82) is 0 Å². The Kier molecular flexibility index (Phi) is 3.65. The quantitative estimate of drug-likeness (QED) is 0.831. The summed E-state index contributed by atoms with van der Waals surface area (Å²) in [6.45, 7) is 5.99. The number of hydrogen-bond donors (Lipinski definition) is 1. The molecular formula is C15H28N2O. The normalized spacial score (nSPS) is 37.7. The van der Waals surface area contributed by atoms with E-state index in [-0.39, 0.29) is 0 Å². The predicted octanol–water partition coefficient (Wildman–Crippen LogP) is 2.02. The molecule has 1 N–H and O–H groups in total. The lowest BCUT2D eigenvalue weighted by atomic mass is 9.89. The summed E-state index contributed by atoms with van der Waals surface area (Å²) in [7, 11) is 2.21. The van der Waals surface area contributed by atoms with Crippen LogP contribution in [-0.4, -0.2) is 49.8 Å². The highest BCUT2D eigenvalue weighted by atomic mass is 16.5. The summed E-state index contributed by atoms with van der Waals surface area (Å²) < 4.78 is 6.37. The van der Waals surface area contributed by atoms with Gasteiger partial charge < -0.3 is 15.0 Å². The number of nitrogens with zero attached hydrogens (tertiary/aromatic N) is 1. The molecule has 3 fully saturated rings. The monoisotopic (exact) mass is 252 g/mol. The Morgan fingerprint density at radius 1 is 1.11 bits per heavy atom. The van der Waals surface area contributed by atoms with Crippen molar-refractivity contribution in [3.8, 4) is 0 Å². The fourth-order valence-electron chi connectivity index (χ4n) is 3.48. The molecule has 0 bridgehead atoms. The fraction of sp³-hybridized carbons (Fsp3) is 1.00. The summed E-state index contributed by atoms with van der Waals surface area (Å²) in [5, 5.41) is 3.71. The molecule has 1 aliphatic carbocycles. The zero-order valence-corrected chi connectivity index (χ0v) is 12.0. The van der Waals surface area contributed by atoms with Gasteiger partial charge in [0.25, 0.3) is 0 Å². The third-order valence-electron chi connectivity index (χ3n) is 5.29. The van der Waals surface area contributed by atoms with Crippen LogP contribution < -0.4 is 5.32 Å². The van der Waals surface area contributed by atoms with Crippen molar-refractivity contribution < 1.29 is 4.74 Å². The van der Waals surface area contributed by atoms with E-state index in [2.05, 4.69) is 24.2 Å². The molecule has 3 heteroatoms. The van der Waals surface area contributed by atoms with Crippen LogP contribution in [0.5, 0.6) is 0 Å². The van der Waals surface area contributed by atoms with Gasteiger partial charge in [0.05, 0.1) is 12.2 Å². The molecule has 0 spiro atoms. The van der Waals surface area contributed by atoms with E-state index >= 15 is 0 Å². The largest absolute Gasteiger partial charge is 0.375 e. The third-order valence-corrected chi connectivity index (χ3v) is 5.29. The maximum atomic E-state index is 6.37. The molecule has 0 aromatic rings. The molecule has 1 saturated carbocycles. The highest BCUT2D eigenvalue weighted by Crippen LogP contribution is 2.50. The summed E-state index contributed by atoms with van der Waals surface area (Å²) in [6, 6.07) is 0.711. The molecule has 2 saturated heterocycles. The number of rotatable bonds is 3. The van der Waals surface area contributed by atoms with Crippen LogP contribution in [0, 0.1) is 5.41 Å². The Balaban J connectivity index is 1.47. The highest BCUT2D eigenvalue weighted by Gasteiger charge is 2.46. The molecular weight excluding hydrogens is 224 g/mol. The number of nitrogens with one attached hydrogen (secondary N) is 1. The van der Waals surface area contributed by atoms with Gasteiger partial charge in [0.1, 0.15) is 0 Å². The Labute approximate surface area is 111 Å². The summed E-state index contributed by atoms with van der Waals surface area (Å²) in [5.41, 5.74) is 0.592. The molecule has 0 aromatic carbocycles. The summed E-state index contributed by atoms with van der Waals surface area (Å²) in [6.07, 6.45) is 8.75. The van der Waals surface area contributed by atoms with Gasteiger partial charge >= 0.3 is 0 Å². The third kappa shape index (κ3) is 2.89. The first-order chi connectivity index (χ1) is 8.66. The standard InChI is InChI=1S/C15H28N2O/c1-15(6-7-15)14-11-13(3-8-16-14)18-12-4-9-17(2)10-5-12/h12-14,16H,3-11H2,1-2H3. The second-order valence-corrected chi connectivity index (χ2v) is 6.95. The van der Waals surface area contributed by atoms with Crippen LogP contribution in [0.25, 0.3) is 0 Å². The molecule has 3 aliphatic rings. The Morgan fingerprint density at radius 3 is 2.50 bits per heavy atom. The van der Waals surface area contributed by atoms with E-state index in [0.717, 1.165) is 6.54 Å². The summed E-state index contributed by atoms with van der Waals surface area (Å²) >= 11 is 0. The van der Waals surface area contributed by atoms with Crippen LogP contribution in [0.2, 0.25) is 0 Å². The van der Waals surface area contributed by atoms with Crippen molar-refractivity contribution in [2.75, 3.05) is 26.7 Å². The van der Waals surface area contributed by atoms with Gasteiger partial charge in [-0.3, -0.25) is 0 Å². The predicted molar refractivity (Wildman–Crippen MR) is 73.8 cm³/mol. The number of likely N-dealkylation sites (tertiary alicyclic amines) is 1. The minimum absolute atomic E-state index is 0.516. The average Bonchev–Trinajstić information content (AvgIpc) is 3.12. The van der Waals surface area contributed by atoms with Gasteiger partial charge in [-0.15, -0.1) is 0 Å². The average molecular weight is 252 g/mol. The van der Waals surface area contributed by atoms with Gasteiger partial charge in [-0.25, -0.2) is 0 Å². The first-order valence-corrected chi connectivity index (χ1v) is 7.73. The molecule has 18 heavy (non-hydrogen) atoms. The number of piperidine rings is 2. The van der Waals surface area contributed by atoms with Crippen LogP contribution in [0.15, 0.2) is 0 Å². The molecule has 104 valence electrons. The Morgan fingerprint density at radius 2 is 1.83 bits per heavy atom. The molecule has 0 aromatic heterocycles. The first kappa shape index (κ1) is 12.9. The van der Waals surface area contributed by atoms with Crippen molar-refractivity contribution in [1.82, 2.24) is 10.2 Å². The second kappa shape index (κ2) is 5.10. The molecule has 3 nitrogen and oxygen atoms in total. The van der Waals surface area contributed by atoms with Gasteiger partial charge in [0, 0.05) is 19.1 Å². The maximum Gasteiger partial charge on any atom is 0.0606 e. The zero-order valence-electron chi connectivity index (χ0n) is 12.0. The van der Waals surface area contributed by atoms with E-state index in [0.29, 0.717) is 23.7 Å². The van der Waals surface area contributed by atoms with E-state index in [4.69, 9.17) is 4.74 Å². The van der Waals surface area contributed by atoms with Crippen LogP contribution in [-0.2, 0) is 4.74 Å². The summed E-state index contributed by atoms with van der Waals surface area (Å²) in [5.74, 6) is 0. The van der Waals surface area contributed by atoms with Crippen molar-refractivity contribution in [3.63, 3.8) is 0 Å². The highest BCUT2D eigenvalue weighted by molar-refractivity contribution is 5.01. The zero-order chi connectivity index (χ0) is 12.6. The molecule has 3 rings (SSSR count). The lowest BCUT2D eigenvalue weighted by Crippen LogP contribution is -2.47. The topological polar surface area (TPSA) is 24.5 Å². The Hall–Kier alpha value is -0.120. The van der Waals surface area contributed by atoms with Gasteiger partial charge in [-0.1, -0.05) is 6.92 Å². The second-order valence-electron chi connectivity index (χ2n) is 6.95. The maximum absolute atomic E-state index is 6.37. The lowest BCUT2D eigenvalue weighted by Gasteiger charge is -2.37. The van der Waals surface area contributed by atoms with E-state index in [1.165, 1.54) is 51.6 Å². The van der Waals surface area contributed by atoms with Gasteiger partial charge in [-0.05, 0) is 57.5 Å². The fourth-order valence-corrected chi connectivity index (χ4v) is 3.48. The van der Waals surface area contributed by atoms with Crippen LogP contribution in [0.3, 0.4) is 0 Å². The number of ether oxygens (including phenoxy) is 1. The smallest absolute Gasteiger partial charge is 0.0606 e. The molecule has 0 amide bonds. The lowest BCUT2D eigenvalue weighted by molar-refractivity contribution is -0.0602. The summed E-state index contributed by atoms with van der Waals surface area (Å²) in [4.78, 5) is 2.41. The van der Waals surface area contributed by atoms with Crippen molar-refractivity contribution in [2.45, 2.75) is 63.7 Å². The van der Waals surface area contributed by atoms with E-state index in [9.17, 15) is 0 Å². The minimum atomic E-state index is 0.516. The molecule has 2 unspecified atom stereocenters. The molecule has 2 atom stereocenters. The van der Waals surface area contributed by atoms with Crippen molar-refractivity contribution in [2.24, 2.45) is 5.41 Å². The molecule has 2 heterocycles. The van der Waals surface area contributed by atoms with Crippen molar-refractivity contribution in [3.05, 3.63) is 0 Å². The van der Waals surface area contributed by atoms with Crippen molar-refractivity contribution >= 4 is 0 Å². The van der Waals surface area contributed by atoms with Crippen LogP contribution in [0.4, 0.5) is 0 Å².